The van der Waals surface area contributed by atoms with E-state index in [1.807, 2.05) is 31.2 Å². The van der Waals surface area contributed by atoms with Crippen LogP contribution in [-0.2, 0) is 6.42 Å². The lowest BCUT2D eigenvalue weighted by atomic mass is 10.1. The molecule has 0 bridgehead atoms. The molecule has 3 rings (SSSR count). The van der Waals surface area contributed by atoms with Gasteiger partial charge < -0.3 is 5.73 Å². The van der Waals surface area contributed by atoms with Crippen molar-refractivity contribution < 1.29 is 0 Å². The van der Waals surface area contributed by atoms with Crippen LogP contribution >= 0.6 is 0 Å². The molecule has 106 valence electrons. The van der Waals surface area contributed by atoms with Crippen molar-refractivity contribution >= 4 is 16.7 Å². The number of aromatic nitrogens is 3. The van der Waals surface area contributed by atoms with Gasteiger partial charge in [0.2, 0.25) is 0 Å². The molecule has 2 heterocycles. The lowest BCUT2D eigenvalue weighted by molar-refractivity contribution is 0.938. The normalized spacial score (nSPS) is 11.0. The molecule has 5 heteroatoms. The maximum Gasteiger partial charge on any atom is 0.354 e. The molecule has 0 aliphatic rings. The summed E-state index contributed by atoms with van der Waals surface area (Å²) in [6, 6.07) is 9.57. The summed E-state index contributed by atoms with van der Waals surface area (Å²) in [5.41, 5.74) is 8.92. The van der Waals surface area contributed by atoms with Gasteiger partial charge in [0.15, 0.2) is 0 Å². The number of rotatable bonds is 2. The predicted octanol–water partition coefficient (Wildman–Crippen LogP) is 2.23. The highest BCUT2D eigenvalue weighted by molar-refractivity contribution is 5.89. The van der Waals surface area contributed by atoms with Crippen LogP contribution in [0.15, 0.2) is 41.3 Å². The number of nitrogens with zero attached hydrogens (tertiary/aromatic N) is 3. The van der Waals surface area contributed by atoms with E-state index in [0.29, 0.717) is 0 Å². The third-order valence-electron chi connectivity index (χ3n) is 3.61. The molecule has 0 aliphatic heterocycles. The Labute approximate surface area is 122 Å². The molecule has 1 aromatic carbocycles. The molecule has 0 atom stereocenters. The summed E-state index contributed by atoms with van der Waals surface area (Å²) in [6.45, 7) is 3.94. The van der Waals surface area contributed by atoms with Gasteiger partial charge in [0.25, 0.3) is 0 Å². The summed E-state index contributed by atoms with van der Waals surface area (Å²) in [6.07, 6.45) is 2.59. The molecule has 2 aromatic heterocycles. The van der Waals surface area contributed by atoms with Crippen LogP contribution < -0.4 is 11.4 Å². The Morgan fingerprint density at radius 2 is 2.10 bits per heavy atom. The van der Waals surface area contributed by atoms with Crippen molar-refractivity contribution in [2.45, 2.75) is 20.3 Å². The zero-order valence-corrected chi connectivity index (χ0v) is 12.0. The fraction of sp³-hybridized carbons (Fsp3) is 0.188. The molecular formula is C16H16N4O. The average molecular weight is 280 g/mol. The van der Waals surface area contributed by atoms with E-state index in [4.69, 9.17) is 5.73 Å². The molecule has 0 saturated heterocycles. The van der Waals surface area contributed by atoms with Crippen LogP contribution in [0.4, 0.5) is 5.82 Å². The molecule has 0 fully saturated rings. The second-order valence-corrected chi connectivity index (χ2v) is 4.93. The number of anilines is 1. The first kappa shape index (κ1) is 13.3. The Kier molecular flexibility index (Phi) is 3.17. The summed E-state index contributed by atoms with van der Waals surface area (Å²) in [5, 5.41) is 0.773. The molecule has 0 radical (unpaired) electrons. The first-order valence-corrected chi connectivity index (χ1v) is 6.85. The van der Waals surface area contributed by atoms with Crippen LogP contribution in [0.2, 0.25) is 0 Å². The highest BCUT2D eigenvalue weighted by Gasteiger charge is 2.12. The van der Waals surface area contributed by atoms with Crippen molar-refractivity contribution in [1.29, 1.82) is 0 Å². The standard InChI is InChI=1S/C16H16N4O/c1-3-11-6-7-12-14(9-11)20(16(21)19-15(12)17)13-5-4-8-18-10(13)2/h4-9H,3H2,1-2H3,(H2,17,19,21). The van der Waals surface area contributed by atoms with E-state index in [-0.39, 0.29) is 11.5 Å². The fourth-order valence-electron chi connectivity index (χ4n) is 2.46. The number of pyridine rings is 1. The van der Waals surface area contributed by atoms with Crippen LogP contribution in [0.3, 0.4) is 0 Å². The Balaban J connectivity index is 2.47. The Bertz CT molecular complexity index is 883. The van der Waals surface area contributed by atoms with Gasteiger partial charge in [-0.3, -0.25) is 9.55 Å². The summed E-state index contributed by atoms with van der Waals surface area (Å²) in [7, 11) is 0. The summed E-state index contributed by atoms with van der Waals surface area (Å²) in [5.74, 6) is 0.260. The van der Waals surface area contributed by atoms with Crippen molar-refractivity contribution in [3.63, 3.8) is 0 Å². The number of benzene rings is 1. The Hall–Kier alpha value is -2.69. The van der Waals surface area contributed by atoms with Crippen LogP contribution in [0.5, 0.6) is 0 Å². The maximum atomic E-state index is 12.4. The first-order chi connectivity index (χ1) is 10.1. The van der Waals surface area contributed by atoms with Gasteiger partial charge in [0, 0.05) is 11.6 Å². The highest BCUT2D eigenvalue weighted by atomic mass is 16.1. The smallest absolute Gasteiger partial charge is 0.354 e. The second-order valence-electron chi connectivity index (χ2n) is 4.93. The van der Waals surface area contributed by atoms with Gasteiger partial charge in [0.05, 0.1) is 16.9 Å². The quantitative estimate of drug-likeness (QED) is 0.781. The fourth-order valence-corrected chi connectivity index (χ4v) is 2.46. The van der Waals surface area contributed by atoms with Crippen molar-refractivity contribution in [1.82, 2.24) is 14.5 Å². The molecule has 0 saturated carbocycles. The lowest BCUT2D eigenvalue weighted by Crippen LogP contribution is -2.24. The van der Waals surface area contributed by atoms with E-state index >= 15 is 0 Å². The average Bonchev–Trinajstić information content (AvgIpc) is 2.48. The summed E-state index contributed by atoms with van der Waals surface area (Å²) < 4.78 is 1.58. The predicted molar refractivity (Wildman–Crippen MR) is 83.7 cm³/mol. The van der Waals surface area contributed by atoms with E-state index in [2.05, 4.69) is 16.9 Å². The van der Waals surface area contributed by atoms with E-state index in [0.717, 1.165) is 34.3 Å². The maximum absolute atomic E-state index is 12.4. The highest BCUT2D eigenvalue weighted by Crippen LogP contribution is 2.22. The largest absolute Gasteiger partial charge is 0.383 e. The molecule has 3 aromatic rings. The monoisotopic (exact) mass is 280 g/mol. The second kappa shape index (κ2) is 5.01. The molecular weight excluding hydrogens is 264 g/mol. The van der Waals surface area contributed by atoms with Crippen molar-refractivity contribution in [2.75, 3.05) is 5.73 Å². The summed E-state index contributed by atoms with van der Waals surface area (Å²) >= 11 is 0. The third kappa shape index (κ3) is 2.16. The van der Waals surface area contributed by atoms with Gasteiger partial charge in [-0.05, 0) is 43.2 Å². The van der Waals surface area contributed by atoms with Gasteiger partial charge in [0.1, 0.15) is 5.82 Å². The van der Waals surface area contributed by atoms with Crippen LogP contribution in [0.1, 0.15) is 18.2 Å². The van der Waals surface area contributed by atoms with E-state index in [1.54, 1.807) is 16.8 Å². The number of nitrogens with two attached hydrogens (primary N) is 1. The van der Waals surface area contributed by atoms with Gasteiger partial charge in [-0.1, -0.05) is 13.0 Å². The number of hydrogen-bond donors (Lipinski definition) is 1. The van der Waals surface area contributed by atoms with Crippen molar-refractivity contribution in [2.24, 2.45) is 0 Å². The molecule has 0 amide bonds. The van der Waals surface area contributed by atoms with Crippen molar-refractivity contribution in [3.05, 3.63) is 58.3 Å². The number of aryl methyl sites for hydroxylation is 2. The first-order valence-electron chi connectivity index (χ1n) is 6.85. The van der Waals surface area contributed by atoms with Gasteiger partial charge in [-0.2, -0.15) is 4.98 Å². The van der Waals surface area contributed by atoms with Crippen LogP contribution in [0, 0.1) is 6.92 Å². The molecule has 21 heavy (non-hydrogen) atoms. The van der Waals surface area contributed by atoms with Crippen LogP contribution in [0.25, 0.3) is 16.6 Å². The van der Waals surface area contributed by atoms with E-state index in [9.17, 15) is 4.79 Å². The third-order valence-corrected chi connectivity index (χ3v) is 3.61. The Morgan fingerprint density at radius 1 is 1.29 bits per heavy atom. The Morgan fingerprint density at radius 3 is 2.81 bits per heavy atom. The zero-order valence-electron chi connectivity index (χ0n) is 12.0. The summed E-state index contributed by atoms with van der Waals surface area (Å²) in [4.78, 5) is 20.5. The van der Waals surface area contributed by atoms with Gasteiger partial charge >= 0.3 is 5.69 Å². The molecule has 0 aliphatic carbocycles. The van der Waals surface area contributed by atoms with Gasteiger partial charge in [-0.15, -0.1) is 0 Å². The van der Waals surface area contributed by atoms with Crippen molar-refractivity contribution in [3.8, 4) is 5.69 Å². The van der Waals surface area contributed by atoms with E-state index in [1.165, 1.54) is 0 Å². The molecule has 2 N–H and O–H groups in total. The molecule has 5 nitrogen and oxygen atoms in total. The lowest BCUT2D eigenvalue weighted by Gasteiger charge is -2.13. The molecule has 0 spiro atoms. The minimum atomic E-state index is -0.385. The molecule has 0 unspecified atom stereocenters. The van der Waals surface area contributed by atoms with Crippen LogP contribution in [-0.4, -0.2) is 14.5 Å². The minimum Gasteiger partial charge on any atom is -0.383 e. The number of fused-ring (bicyclic) bond motifs is 1. The number of nitrogen functional groups attached to an aromatic ring is 1. The van der Waals surface area contributed by atoms with Gasteiger partial charge in [-0.25, -0.2) is 4.79 Å². The van der Waals surface area contributed by atoms with E-state index < -0.39 is 0 Å². The SMILES string of the molecule is CCc1ccc2c(N)nc(=O)n(-c3cccnc3C)c2c1. The number of hydrogen-bond acceptors (Lipinski definition) is 4. The topological polar surface area (TPSA) is 73.8 Å². The minimum absolute atomic E-state index is 0.260. The zero-order chi connectivity index (χ0) is 15.0.